The van der Waals surface area contributed by atoms with Gasteiger partial charge >= 0.3 is 6.01 Å². The van der Waals surface area contributed by atoms with E-state index in [9.17, 15) is 4.79 Å². The molecule has 1 fully saturated rings. The zero-order valence-electron chi connectivity index (χ0n) is 22.7. The number of benzene rings is 1. The highest BCUT2D eigenvalue weighted by Gasteiger charge is 2.29. The van der Waals surface area contributed by atoms with Crippen molar-refractivity contribution in [2.75, 3.05) is 36.9 Å². The zero-order chi connectivity index (χ0) is 28.6. The van der Waals surface area contributed by atoms with E-state index in [-0.39, 0.29) is 29.7 Å². The van der Waals surface area contributed by atoms with Crippen LogP contribution in [-0.4, -0.2) is 69.7 Å². The first-order valence-corrected chi connectivity index (χ1v) is 12.6. The number of aryl methyl sites for hydroxylation is 1. The van der Waals surface area contributed by atoms with Crippen molar-refractivity contribution in [2.45, 2.75) is 26.8 Å². The third-order valence-corrected chi connectivity index (χ3v) is 6.12. The van der Waals surface area contributed by atoms with E-state index >= 15 is 4.39 Å². The van der Waals surface area contributed by atoms with Gasteiger partial charge in [0.05, 0.1) is 5.70 Å². The maximum absolute atomic E-state index is 15.2. The Labute approximate surface area is 232 Å². The second-order valence-electron chi connectivity index (χ2n) is 8.99. The summed E-state index contributed by atoms with van der Waals surface area (Å²) in [4.78, 5) is 33.5. The van der Waals surface area contributed by atoms with Crippen LogP contribution in [0.1, 0.15) is 19.5 Å². The van der Waals surface area contributed by atoms with E-state index in [2.05, 4.69) is 37.4 Å². The maximum Gasteiger partial charge on any atom is 0.322 e. The topological polar surface area (TPSA) is 132 Å². The first-order valence-electron chi connectivity index (χ1n) is 12.6. The van der Waals surface area contributed by atoms with Gasteiger partial charge in [-0.3, -0.25) is 4.79 Å². The fraction of sp³-hybridized carbons (Fsp3) is 0.286. The Hall–Kier alpha value is -5.05. The zero-order valence-corrected chi connectivity index (χ0v) is 22.7. The van der Waals surface area contributed by atoms with E-state index in [1.807, 2.05) is 11.8 Å². The average Bonchev–Trinajstić information content (AvgIpc) is 2.94. The number of carbonyl (C=O) groups excluding carboxylic acids is 1. The van der Waals surface area contributed by atoms with Crippen molar-refractivity contribution in [1.82, 2.24) is 30.2 Å². The summed E-state index contributed by atoms with van der Waals surface area (Å²) < 4.78 is 20.8. The van der Waals surface area contributed by atoms with Crippen molar-refractivity contribution in [3.8, 4) is 34.7 Å². The van der Waals surface area contributed by atoms with Crippen LogP contribution in [0.2, 0.25) is 0 Å². The highest BCUT2D eigenvalue weighted by Crippen LogP contribution is 2.34. The molecule has 40 heavy (non-hydrogen) atoms. The number of allylic oxidation sites excluding steroid dienone is 1. The van der Waals surface area contributed by atoms with Crippen molar-refractivity contribution in [1.29, 1.82) is 5.41 Å². The molecule has 206 valence electrons. The molecule has 1 amide bonds. The lowest BCUT2D eigenvalue weighted by Gasteiger charge is -2.40. The van der Waals surface area contributed by atoms with Crippen LogP contribution in [-0.2, 0) is 4.79 Å². The number of nitrogens with one attached hydrogen (secondary N) is 3. The summed E-state index contributed by atoms with van der Waals surface area (Å²) in [6.45, 7) is 6.80. The average molecular weight is 544 g/mol. The van der Waals surface area contributed by atoms with E-state index < -0.39 is 5.82 Å². The Bertz CT molecular complexity index is 1500. The first kappa shape index (κ1) is 28.0. The van der Waals surface area contributed by atoms with Crippen molar-refractivity contribution in [2.24, 2.45) is 0 Å². The smallest absolute Gasteiger partial charge is 0.322 e. The largest absolute Gasteiger partial charge is 0.421 e. The summed E-state index contributed by atoms with van der Waals surface area (Å²) in [5, 5.41) is 13.5. The summed E-state index contributed by atoms with van der Waals surface area (Å²) in [6.07, 6.45) is 5.90. The lowest BCUT2D eigenvalue weighted by Crippen LogP contribution is -2.54. The molecule has 12 heteroatoms. The van der Waals surface area contributed by atoms with Crippen molar-refractivity contribution in [3.05, 3.63) is 60.1 Å². The number of piperazine rings is 1. The summed E-state index contributed by atoms with van der Waals surface area (Å²) in [6, 6.07) is 6.22. The molecule has 0 unspecified atom stereocenters. The number of hydrogen-bond acceptors (Lipinski definition) is 10. The minimum Gasteiger partial charge on any atom is -0.421 e. The van der Waals surface area contributed by atoms with E-state index in [0.717, 1.165) is 6.21 Å². The monoisotopic (exact) mass is 543 g/mol. The molecule has 3 heterocycles. The molecule has 1 aliphatic heterocycles. The van der Waals surface area contributed by atoms with Gasteiger partial charge in [-0.1, -0.05) is 12.0 Å². The molecule has 0 bridgehead atoms. The minimum absolute atomic E-state index is 0.0132. The van der Waals surface area contributed by atoms with Crippen LogP contribution in [0.15, 0.2) is 48.6 Å². The number of carbonyl (C=O) groups is 1. The van der Waals surface area contributed by atoms with Crippen LogP contribution in [0.3, 0.4) is 0 Å². The molecule has 11 nitrogen and oxygen atoms in total. The van der Waals surface area contributed by atoms with Gasteiger partial charge in [-0.15, -0.1) is 0 Å². The minimum atomic E-state index is -0.597. The first-order chi connectivity index (χ1) is 19.3. The van der Waals surface area contributed by atoms with Gasteiger partial charge in [0.1, 0.15) is 5.82 Å². The number of halogens is 1. The van der Waals surface area contributed by atoms with Crippen molar-refractivity contribution >= 4 is 23.9 Å². The lowest BCUT2D eigenvalue weighted by atomic mass is 10.1. The standard InChI is InChI=1S/C28H30FN9O2/c1-5-6-25(39)38-12-11-37(17-19(38)3)26-22(16-33-27(36-26)35-21(14-30)15-31-4)20-7-8-24(23(29)13-20)40-28-32-10-9-18(2)34-28/h7-10,13-16,19,30-31H,11-12,17H2,1-4H3,(H,33,35,36)/b21-15+,30-14?/t19-/m1/s1. The third kappa shape index (κ3) is 6.50. The molecule has 0 spiro atoms. The molecule has 0 saturated carbocycles. The highest BCUT2D eigenvalue weighted by atomic mass is 19.1. The number of anilines is 2. The molecular weight excluding hydrogens is 513 g/mol. The Morgan fingerprint density at radius 1 is 1.25 bits per heavy atom. The molecule has 4 rings (SSSR count). The number of rotatable bonds is 8. The summed E-state index contributed by atoms with van der Waals surface area (Å²) in [5.41, 5.74) is 2.29. The highest BCUT2D eigenvalue weighted by molar-refractivity contribution is 5.94. The second kappa shape index (κ2) is 12.7. The van der Waals surface area contributed by atoms with Crippen LogP contribution in [0.4, 0.5) is 16.2 Å². The van der Waals surface area contributed by atoms with Crippen LogP contribution in [0.5, 0.6) is 11.8 Å². The van der Waals surface area contributed by atoms with Gasteiger partial charge in [0.2, 0.25) is 5.95 Å². The number of hydrogen-bond donors (Lipinski definition) is 3. The Morgan fingerprint density at radius 3 is 2.75 bits per heavy atom. The molecule has 0 aliphatic carbocycles. The molecule has 2 aromatic heterocycles. The van der Waals surface area contributed by atoms with Gasteiger partial charge in [0.25, 0.3) is 5.91 Å². The summed E-state index contributed by atoms with van der Waals surface area (Å²) in [5.74, 6) is 5.26. The van der Waals surface area contributed by atoms with Gasteiger partial charge in [-0.25, -0.2) is 19.3 Å². The molecule has 1 aromatic carbocycles. The van der Waals surface area contributed by atoms with E-state index in [4.69, 9.17) is 15.1 Å². The Morgan fingerprint density at radius 2 is 2.08 bits per heavy atom. The summed E-state index contributed by atoms with van der Waals surface area (Å²) in [7, 11) is 1.72. The number of amides is 1. The molecule has 1 atom stereocenters. The maximum atomic E-state index is 15.2. The van der Waals surface area contributed by atoms with Crippen LogP contribution in [0.25, 0.3) is 11.1 Å². The quantitative estimate of drug-likeness (QED) is 0.289. The Balaban J connectivity index is 1.68. The van der Waals surface area contributed by atoms with Crippen LogP contribution < -0.4 is 20.3 Å². The lowest BCUT2D eigenvalue weighted by molar-refractivity contribution is -0.127. The molecule has 1 aliphatic rings. The van der Waals surface area contributed by atoms with Crippen molar-refractivity contribution < 1.29 is 13.9 Å². The molecule has 1 saturated heterocycles. The molecule has 3 N–H and O–H groups in total. The Kier molecular flexibility index (Phi) is 8.86. The molecule has 0 radical (unpaired) electrons. The predicted molar refractivity (Wildman–Crippen MR) is 151 cm³/mol. The third-order valence-electron chi connectivity index (χ3n) is 6.12. The normalized spacial score (nSPS) is 15.1. The van der Waals surface area contributed by atoms with Gasteiger partial charge < -0.3 is 30.6 Å². The summed E-state index contributed by atoms with van der Waals surface area (Å²) >= 11 is 0. The van der Waals surface area contributed by atoms with E-state index in [0.29, 0.717) is 48.0 Å². The predicted octanol–water partition coefficient (Wildman–Crippen LogP) is 3.36. The number of aromatic nitrogens is 4. The fourth-order valence-electron chi connectivity index (χ4n) is 4.23. The fourth-order valence-corrected chi connectivity index (χ4v) is 4.23. The van der Waals surface area contributed by atoms with E-state index in [1.54, 1.807) is 56.5 Å². The molecule has 3 aromatic rings. The van der Waals surface area contributed by atoms with Crippen LogP contribution in [0, 0.1) is 30.0 Å². The molecular formula is C28H30FN9O2. The van der Waals surface area contributed by atoms with Gasteiger partial charge in [-0.05, 0) is 50.5 Å². The van der Waals surface area contributed by atoms with Gasteiger partial charge in [0.15, 0.2) is 11.6 Å². The van der Waals surface area contributed by atoms with Gasteiger partial charge in [-0.2, -0.15) is 4.98 Å². The van der Waals surface area contributed by atoms with Crippen molar-refractivity contribution in [3.63, 3.8) is 0 Å². The van der Waals surface area contributed by atoms with Crippen LogP contribution >= 0.6 is 0 Å². The SMILES string of the molecule is CC#CC(=O)N1CCN(c2nc(N/C(C=N)=C/NC)ncc2-c2ccc(Oc3nccc(C)n3)c(F)c2)C[C@H]1C. The number of ether oxygens (including phenoxy) is 1. The second-order valence-corrected chi connectivity index (χ2v) is 8.99. The van der Waals surface area contributed by atoms with E-state index in [1.165, 1.54) is 12.1 Å². The number of nitrogens with zero attached hydrogens (tertiary/aromatic N) is 6. The van der Waals surface area contributed by atoms with Gasteiger partial charge in [0, 0.05) is 68.8 Å².